The molecule has 1 aromatic rings. The van der Waals surface area contributed by atoms with Gasteiger partial charge in [0, 0.05) is 13.6 Å². The van der Waals surface area contributed by atoms with E-state index >= 15 is 0 Å². The molecule has 1 unspecified atom stereocenters. The zero-order chi connectivity index (χ0) is 13.9. The van der Waals surface area contributed by atoms with Crippen molar-refractivity contribution in [2.75, 3.05) is 6.54 Å². The van der Waals surface area contributed by atoms with Crippen LogP contribution in [-0.4, -0.2) is 33.4 Å². The standard InChI is InChI=1S/C12H20ClN3O2/c1-7(2)10-9(11(13)16(4)15-10)12(18)14-6-5-8(3)17/h7-8,17H,5-6H2,1-4H3,(H,14,18). The Morgan fingerprint density at radius 3 is 2.61 bits per heavy atom. The van der Waals surface area contributed by atoms with Gasteiger partial charge in [0.2, 0.25) is 0 Å². The summed E-state index contributed by atoms with van der Waals surface area (Å²) in [6, 6.07) is 0. The van der Waals surface area contributed by atoms with Crippen LogP contribution in [0.25, 0.3) is 0 Å². The van der Waals surface area contributed by atoms with E-state index in [1.54, 1.807) is 14.0 Å². The monoisotopic (exact) mass is 273 g/mol. The zero-order valence-electron chi connectivity index (χ0n) is 11.2. The van der Waals surface area contributed by atoms with Crippen LogP contribution >= 0.6 is 11.6 Å². The van der Waals surface area contributed by atoms with Crippen LogP contribution in [0.2, 0.25) is 5.15 Å². The molecular formula is C12H20ClN3O2. The SMILES string of the molecule is CC(O)CCNC(=O)c1c(C(C)C)nn(C)c1Cl. The van der Waals surface area contributed by atoms with Crippen molar-refractivity contribution >= 4 is 17.5 Å². The molecule has 1 amide bonds. The molecule has 1 atom stereocenters. The number of aliphatic hydroxyl groups excluding tert-OH is 1. The number of aromatic nitrogens is 2. The topological polar surface area (TPSA) is 67.2 Å². The largest absolute Gasteiger partial charge is 0.393 e. The summed E-state index contributed by atoms with van der Waals surface area (Å²) in [6.45, 7) is 6.03. The lowest BCUT2D eigenvalue weighted by Gasteiger charge is -2.08. The van der Waals surface area contributed by atoms with E-state index in [0.29, 0.717) is 29.4 Å². The third kappa shape index (κ3) is 3.46. The summed E-state index contributed by atoms with van der Waals surface area (Å²) in [5.74, 6) is -0.112. The Labute approximate surface area is 112 Å². The molecule has 2 N–H and O–H groups in total. The second-order valence-corrected chi connectivity index (χ2v) is 5.08. The first-order valence-electron chi connectivity index (χ1n) is 6.03. The van der Waals surface area contributed by atoms with E-state index in [9.17, 15) is 4.79 Å². The quantitative estimate of drug-likeness (QED) is 0.858. The van der Waals surface area contributed by atoms with Gasteiger partial charge in [-0.05, 0) is 19.3 Å². The molecule has 0 saturated heterocycles. The third-order valence-electron chi connectivity index (χ3n) is 2.63. The van der Waals surface area contributed by atoms with Gasteiger partial charge in [-0.1, -0.05) is 25.4 Å². The Hall–Kier alpha value is -1.07. The number of halogens is 1. The molecule has 1 heterocycles. The van der Waals surface area contributed by atoms with Gasteiger partial charge in [0.25, 0.3) is 5.91 Å². The second-order valence-electron chi connectivity index (χ2n) is 4.72. The average Bonchev–Trinajstić information content (AvgIpc) is 2.55. The van der Waals surface area contributed by atoms with Crippen LogP contribution in [0.1, 0.15) is 49.2 Å². The van der Waals surface area contributed by atoms with Crippen molar-refractivity contribution in [1.29, 1.82) is 0 Å². The Morgan fingerprint density at radius 2 is 2.11 bits per heavy atom. The number of carbonyl (C=O) groups excluding carboxylic acids is 1. The zero-order valence-corrected chi connectivity index (χ0v) is 12.0. The van der Waals surface area contributed by atoms with Gasteiger partial charge < -0.3 is 10.4 Å². The molecule has 18 heavy (non-hydrogen) atoms. The summed E-state index contributed by atoms with van der Waals surface area (Å²) in [5, 5.41) is 16.5. The minimum absolute atomic E-state index is 0.126. The highest BCUT2D eigenvalue weighted by Crippen LogP contribution is 2.24. The summed E-state index contributed by atoms with van der Waals surface area (Å²) in [4.78, 5) is 12.1. The predicted octanol–water partition coefficient (Wildman–Crippen LogP) is 1.70. The van der Waals surface area contributed by atoms with Gasteiger partial charge in [-0.3, -0.25) is 9.48 Å². The number of rotatable bonds is 5. The molecule has 0 aliphatic rings. The summed E-state index contributed by atoms with van der Waals surface area (Å²) in [7, 11) is 1.71. The molecule has 0 spiro atoms. The minimum Gasteiger partial charge on any atom is -0.393 e. The fraction of sp³-hybridized carbons (Fsp3) is 0.667. The van der Waals surface area contributed by atoms with Crippen LogP contribution in [0, 0.1) is 0 Å². The third-order valence-corrected chi connectivity index (χ3v) is 3.06. The molecule has 0 fully saturated rings. The Morgan fingerprint density at radius 1 is 1.50 bits per heavy atom. The van der Waals surface area contributed by atoms with E-state index in [2.05, 4.69) is 10.4 Å². The Kier molecular flexibility index (Phi) is 5.16. The first-order chi connectivity index (χ1) is 8.34. The van der Waals surface area contributed by atoms with Crippen molar-refractivity contribution in [3.8, 4) is 0 Å². The first kappa shape index (κ1) is 15.0. The smallest absolute Gasteiger partial charge is 0.256 e. The van der Waals surface area contributed by atoms with Gasteiger partial charge in [-0.25, -0.2) is 0 Å². The highest BCUT2D eigenvalue weighted by molar-refractivity contribution is 6.33. The maximum Gasteiger partial charge on any atom is 0.256 e. The van der Waals surface area contributed by atoms with Gasteiger partial charge in [0.05, 0.1) is 17.4 Å². The van der Waals surface area contributed by atoms with Crippen LogP contribution in [-0.2, 0) is 7.05 Å². The number of carbonyl (C=O) groups is 1. The highest BCUT2D eigenvalue weighted by atomic mass is 35.5. The van der Waals surface area contributed by atoms with Gasteiger partial charge in [-0.15, -0.1) is 0 Å². The maximum absolute atomic E-state index is 12.1. The van der Waals surface area contributed by atoms with Gasteiger partial charge in [0.15, 0.2) is 0 Å². The Bertz CT molecular complexity index is 427. The molecule has 0 radical (unpaired) electrons. The molecular weight excluding hydrogens is 254 g/mol. The van der Waals surface area contributed by atoms with Crippen molar-refractivity contribution in [2.24, 2.45) is 7.05 Å². The van der Waals surface area contributed by atoms with Crippen LogP contribution in [0.4, 0.5) is 0 Å². The summed E-state index contributed by atoms with van der Waals surface area (Å²) in [5.41, 5.74) is 1.12. The second kappa shape index (κ2) is 6.20. The van der Waals surface area contributed by atoms with Crippen molar-refractivity contribution < 1.29 is 9.90 Å². The fourth-order valence-electron chi connectivity index (χ4n) is 1.62. The molecule has 0 saturated carbocycles. The van der Waals surface area contributed by atoms with Crippen LogP contribution < -0.4 is 5.32 Å². The molecule has 1 aromatic heterocycles. The number of amides is 1. The van der Waals surface area contributed by atoms with E-state index in [4.69, 9.17) is 16.7 Å². The molecule has 0 aliphatic carbocycles. The van der Waals surface area contributed by atoms with Crippen molar-refractivity contribution in [2.45, 2.75) is 39.2 Å². The van der Waals surface area contributed by atoms with E-state index in [-0.39, 0.29) is 11.8 Å². The van der Waals surface area contributed by atoms with Crippen LogP contribution in [0.5, 0.6) is 0 Å². The highest BCUT2D eigenvalue weighted by Gasteiger charge is 2.22. The summed E-state index contributed by atoms with van der Waals surface area (Å²) < 4.78 is 1.50. The van der Waals surface area contributed by atoms with E-state index in [1.807, 2.05) is 13.8 Å². The lowest BCUT2D eigenvalue weighted by molar-refractivity contribution is 0.0944. The predicted molar refractivity (Wildman–Crippen MR) is 70.9 cm³/mol. The van der Waals surface area contributed by atoms with Gasteiger partial charge in [-0.2, -0.15) is 5.10 Å². The number of aliphatic hydroxyl groups is 1. The molecule has 0 aromatic carbocycles. The Balaban J connectivity index is 2.84. The van der Waals surface area contributed by atoms with Crippen molar-refractivity contribution in [3.05, 3.63) is 16.4 Å². The van der Waals surface area contributed by atoms with Crippen LogP contribution in [0.15, 0.2) is 0 Å². The van der Waals surface area contributed by atoms with E-state index in [1.165, 1.54) is 4.68 Å². The molecule has 5 nitrogen and oxygen atoms in total. The van der Waals surface area contributed by atoms with E-state index < -0.39 is 6.10 Å². The molecule has 102 valence electrons. The normalized spacial score (nSPS) is 12.8. The number of hydrogen-bond acceptors (Lipinski definition) is 3. The summed E-state index contributed by atoms with van der Waals surface area (Å²) in [6.07, 6.45) is 0.0833. The molecule has 0 aliphatic heterocycles. The lowest BCUT2D eigenvalue weighted by Crippen LogP contribution is -2.27. The number of hydrogen-bond donors (Lipinski definition) is 2. The molecule has 1 rings (SSSR count). The first-order valence-corrected chi connectivity index (χ1v) is 6.41. The van der Waals surface area contributed by atoms with Crippen molar-refractivity contribution in [3.63, 3.8) is 0 Å². The number of nitrogens with zero attached hydrogens (tertiary/aromatic N) is 2. The van der Waals surface area contributed by atoms with E-state index in [0.717, 1.165) is 0 Å². The van der Waals surface area contributed by atoms with Gasteiger partial charge in [0.1, 0.15) is 5.15 Å². The molecule has 0 bridgehead atoms. The van der Waals surface area contributed by atoms with Crippen LogP contribution in [0.3, 0.4) is 0 Å². The number of nitrogens with one attached hydrogen (secondary N) is 1. The number of aryl methyl sites for hydroxylation is 1. The maximum atomic E-state index is 12.1. The average molecular weight is 274 g/mol. The summed E-state index contributed by atoms with van der Waals surface area (Å²) >= 11 is 6.08. The fourth-order valence-corrected chi connectivity index (χ4v) is 1.84. The van der Waals surface area contributed by atoms with Crippen molar-refractivity contribution in [1.82, 2.24) is 15.1 Å². The minimum atomic E-state index is -0.431. The van der Waals surface area contributed by atoms with Gasteiger partial charge >= 0.3 is 0 Å². The lowest BCUT2D eigenvalue weighted by atomic mass is 10.1. The molecule has 6 heteroatoms.